The Balaban J connectivity index is 0.000000225. The van der Waals surface area contributed by atoms with Crippen LogP contribution in [0.15, 0.2) is 31.3 Å². The first-order chi connectivity index (χ1) is 17.0. The van der Waals surface area contributed by atoms with Gasteiger partial charge >= 0.3 is 124 Å². The number of hydrogen-bond donors (Lipinski definition) is 0. The summed E-state index contributed by atoms with van der Waals surface area (Å²) >= 11 is 9.24. The zero-order chi connectivity index (χ0) is 27.0. The van der Waals surface area contributed by atoms with Gasteiger partial charge in [0.15, 0.2) is 0 Å². The molecule has 0 amide bonds. The maximum atomic E-state index is 13.9. The van der Waals surface area contributed by atoms with Crippen molar-refractivity contribution in [1.82, 2.24) is 4.90 Å². The van der Waals surface area contributed by atoms with Crippen molar-refractivity contribution in [3.63, 3.8) is 0 Å². The molecule has 5 unspecified atom stereocenters. The van der Waals surface area contributed by atoms with E-state index in [4.69, 9.17) is 20.5 Å². The second-order valence-electron chi connectivity index (χ2n) is 9.69. The first-order valence-corrected chi connectivity index (χ1v) is 20.8. The van der Waals surface area contributed by atoms with Crippen molar-refractivity contribution in [3.8, 4) is 0 Å². The first kappa shape index (κ1) is 32.6. The van der Waals surface area contributed by atoms with Crippen LogP contribution in [0.5, 0.6) is 0 Å². The molecule has 1 heterocycles. The van der Waals surface area contributed by atoms with Gasteiger partial charge in [-0.2, -0.15) is 0 Å². The second-order valence-corrected chi connectivity index (χ2v) is 17.7. The molecule has 36 heavy (non-hydrogen) atoms. The molecule has 206 valence electrons. The largest absolute Gasteiger partial charge is 0.123 e. The molecule has 4 rings (SSSR count). The molecular formula is C27H40BrCl2F2IN2S. The molecule has 1 aromatic carbocycles. The van der Waals surface area contributed by atoms with Crippen molar-refractivity contribution in [1.29, 1.82) is 0 Å². The van der Waals surface area contributed by atoms with Crippen molar-refractivity contribution in [2.75, 3.05) is 18.0 Å². The molecule has 0 N–H and O–H groups in total. The topological polar surface area (TPSA) is 15.6 Å². The number of alkyl halides is 2. The molecule has 0 bridgehead atoms. The number of rotatable bonds is 5. The number of benzene rings is 1. The third-order valence-electron chi connectivity index (χ3n) is 7.35. The van der Waals surface area contributed by atoms with E-state index >= 15 is 0 Å². The molecular weight excluding hydrogens is 700 g/mol. The van der Waals surface area contributed by atoms with Crippen LogP contribution in [-0.2, 0) is 0 Å². The quantitative estimate of drug-likeness (QED) is 0.129. The molecule has 0 aromatic heterocycles. The number of nitrogens with zero attached hydrogens (tertiary/aromatic N) is 2. The summed E-state index contributed by atoms with van der Waals surface area (Å²) in [5.74, 6) is 2.58. The summed E-state index contributed by atoms with van der Waals surface area (Å²) in [5, 5.41) is 3.69. The molecule has 2 saturated carbocycles. The molecule has 9 heteroatoms. The molecule has 2 fully saturated rings. The van der Waals surface area contributed by atoms with Gasteiger partial charge in [-0.25, -0.2) is 0 Å². The van der Waals surface area contributed by atoms with Crippen LogP contribution in [0.3, 0.4) is 0 Å². The Hall–Kier alpha value is 0.430. The average molecular weight is 740 g/mol. The van der Waals surface area contributed by atoms with Gasteiger partial charge in [-0.05, 0) is 36.0 Å². The number of amidine groups is 1. The van der Waals surface area contributed by atoms with Gasteiger partial charge in [-0.15, -0.1) is 23.4 Å². The minimum Gasteiger partial charge on any atom is -0.123 e. The summed E-state index contributed by atoms with van der Waals surface area (Å²) < 4.78 is 33.6. The number of hydrogen-bond acceptors (Lipinski definition) is 2. The fourth-order valence-corrected chi connectivity index (χ4v) is 9.28. The number of thioether (sulfide) groups is 1. The van der Waals surface area contributed by atoms with Crippen molar-refractivity contribution in [2.24, 2.45) is 26.9 Å². The molecule has 2 nitrogen and oxygen atoms in total. The molecule has 1 aromatic rings. The van der Waals surface area contributed by atoms with Crippen LogP contribution in [-0.4, -0.2) is 39.4 Å². The number of allylic oxidation sites excluding steroid dienone is 1. The van der Waals surface area contributed by atoms with E-state index < -0.39 is 30.6 Å². The van der Waals surface area contributed by atoms with E-state index in [1.54, 1.807) is 0 Å². The van der Waals surface area contributed by atoms with Crippen molar-refractivity contribution < 1.29 is 8.78 Å². The Labute approximate surface area is 246 Å². The molecule has 1 aliphatic heterocycles. The van der Waals surface area contributed by atoms with E-state index in [0.717, 1.165) is 35.3 Å². The third kappa shape index (κ3) is 8.72. The maximum Gasteiger partial charge on any atom is 0.0336 e. The summed E-state index contributed by atoms with van der Waals surface area (Å²) in [6, 6.07) is 3.84. The Morgan fingerprint density at radius 1 is 1.14 bits per heavy atom. The van der Waals surface area contributed by atoms with Crippen LogP contribution in [0.25, 0.3) is 0 Å². The van der Waals surface area contributed by atoms with Gasteiger partial charge in [-0.3, -0.25) is 0 Å². The van der Waals surface area contributed by atoms with Crippen LogP contribution in [0.1, 0.15) is 65.9 Å². The predicted octanol–water partition coefficient (Wildman–Crippen LogP) is 10.3. The monoisotopic (exact) mass is 738 g/mol. The minimum atomic E-state index is -2.02. The van der Waals surface area contributed by atoms with E-state index in [9.17, 15) is 8.78 Å². The minimum absolute atomic E-state index is 0.0670. The smallest absolute Gasteiger partial charge is 0.0336 e. The number of halogens is 6. The Morgan fingerprint density at radius 2 is 1.72 bits per heavy atom. The second kappa shape index (κ2) is 15.9. The van der Waals surface area contributed by atoms with E-state index in [1.807, 2.05) is 35.4 Å². The summed E-state index contributed by atoms with van der Waals surface area (Å²) in [5.41, 5.74) is -0.0670. The third-order valence-corrected chi connectivity index (χ3v) is 11.8. The Bertz CT molecular complexity index is 880. The predicted molar refractivity (Wildman–Crippen MR) is 169 cm³/mol. The van der Waals surface area contributed by atoms with Crippen molar-refractivity contribution in [3.05, 3.63) is 45.3 Å². The van der Waals surface area contributed by atoms with Crippen LogP contribution >= 0.6 is 67.2 Å². The fourth-order valence-electron chi connectivity index (χ4n) is 4.69. The molecule has 0 radical (unpaired) electrons. The zero-order valence-corrected chi connectivity index (χ0v) is 28.2. The van der Waals surface area contributed by atoms with Crippen LogP contribution in [0.4, 0.5) is 8.78 Å². The molecule has 5 atom stereocenters. The van der Waals surface area contributed by atoms with E-state index in [0.29, 0.717) is 24.3 Å². The van der Waals surface area contributed by atoms with Crippen LogP contribution in [0.2, 0.25) is 0 Å². The maximum absolute atomic E-state index is 13.9. The van der Waals surface area contributed by atoms with Crippen molar-refractivity contribution >= 4 is 73.0 Å². The normalized spacial score (nSPS) is 27.6. The summed E-state index contributed by atoms with van der Waals surface area (Å²) in [6.45, 7) is 12.5. The van der Waals surface area contributed by atoms with Gasteiger partial charge < -0.3 is 0 Å². The average Bonchev–Trinajstić information content (AvgIpc) is 3.29. The zero-order valence-electron chi connectivity index (χ0n) is 22.1. The fraction of sp³-hybridized carbons (Fsp3) is 0.667. The van der Waals surface area contributed by atoms with Gasteiger partial charge in [0.05, 0.1) is 0 Å². The summed E-state index contributed by atoms with van der Waals surface area (Å²) in [4.78, 5) is 3.70. The van der Waals surface area contributed by atoms with E-state index in [-0.39, 0.29) is 5.56 Å². The van der Waals surface area contributed by atoms with Gasteiger partial charge in [0.25, 0.3) is 0 Å². The van der Waals surface area contributed by atoms with Gasteiger partial charge in [-0.1, -0.05) is 43.1 Å². The SMILES string of the molecule is CC1C(C)C2SC=C(Br)C2C1C.CCCN(CC)C(=NI(C)Cl)c1c(F)cccc1F.ClC1CCC1. The van der Waals surface area contributed by atoms with Gasteiger partial charge in [0, 0.05) is 21.0 Å². The van der Waals surface area contributed by atoms with E-state index in [2.05, 4.69) is 45.3 Å². The van der Waals surface area contributed by atoms with Crippen molar-refractivity contribution in [2.45, 2.75) is 70.9 Å². The Morgan fingerprint density at radius 3 is 2.14 bits per heavy atom. The van der Waals surface area contributed by atoms with Gasteiger partial charge in [0.1, 0.15) is 0 Å². The first-order valence-electron chi connectivity index (χ1n) is 12.7. The van der Waals surface area contributed by atoms with Crippen LogP contribution < -0.4 is 0 Å². The number of fused-ring (bicyclic) bond motifs is 1. The summed E-state index contributed by atoms with van der Waals surface area (Å²) in [7, 11) is 6.03. The standard InChI is InChI=1S/C13H18ClF2IN2.C10H15BrS.C4H7Cl/c1-4-9-19(5-2)13(18-17(3)14)12-10(15)7-6-8-11(12)16;1-5-6(2)9-8(11)4-12-10(9)7(5)3;5-4-2-1-3-4/h6-8H,4-5,9H2,1-3H3;4-7,9-10H,1-3H3;4H,1-3H2. The molecule has 0 spiro atoms. The molecule has 2 aliphatic carbocycles. The summed E-state index contributed by atoms with van der Waals surface area (Å²) in [6.07, 6.45) is 4.74. The Kier molecular flexibility index (Phi) is 14.4. The molecule has 0 saturated heterocycles. The molecule has 3 aliphatic rings. The van der Waals surface area contributed by atoms with Gasteiger partial charge in [0.2, 0.25) is 0 Å². The van der Waals surface area contributed by atoms with E-state index in [1.165, 1.54) is 41.9 Å². The van der Waals surface area contributed by atoms with Crippen LogP contribution in [0, 0.1) is 35.3 Å².